The molecule has 1 N–H and O–H groups in total. The van der Waals surface area contributed by atoms with Gasteiger partial charge < -0.3 is 29.3 Å². The summed E-state index contributed by atoms with van der Waals surface area (Å²) in [4.78, 5) is 16.9. The standard InChI is InChI=1S/C22H27N3O4/c1-24(2)18-8-5-16(6-9-18)13-25(14-19-4-3-11-27-19)22(26)23-17-7-10-20-21(12-17)29-15-28-20/h5-10,12,19H,3-4,11,13-15H2,1-2H3,(H,23,26)/t19-/m0/s1. The molecule has 2 aromatic rings. The van der Waals surface area contributed by atoms with E-state index in [0.717, 1.165) is 30.7 Å². The van der Waals surface area contributed by atoms with Crippen molar-refractivity contribution in [2.24, 2.45) is 0 Å². The van der Waals surface area contributed by atoms with Crippen molar-refractivity contribution in [1.82, 2.24) is 4.90 Å². The van der Waals surface area contributed by atoms with E-state index in [-0.39, 0.29) is 18.9 Å². The summed E-state index contributed by atoms with van der Waals surface area (Å²) in [6.07, 6.45) is 2.10. The Hall–Kier alpha value is -2.93. The lowest BCUT2D eigenvalue weighted by Gasteiger charge is -2.26. The van der Waals surface area contributed by atoms with Gasteiger partial charge in [-0.2, -0.15) is 0 Å². The van der Waals surface area contributed by atoms with Crippen molar-refractivity contribution in [3.63, 3.8) is 0 Å². The number of amides is 2. The third-order valence-corrected chi connectivity index (χ3v) is 5.19. The summed E-state index contributed by atoms with van der Waals surface area (Å²) < 4.78 is 16.5. The van der Waals surface area contributed by atoms with Crippen molar-refractivity contribution in [1.29, 1.82) is 0 Å². The molecule has 0 radical (unpaired) electrons. The number of fused-ring (bicyclic) bond motifs is 1. The van der Waals surface area contributed by atoms with E-state index >= 15 is 0 Å². The van der Waals surface area contributed by atoms with Crippen molar-refractivity contribution < 1.29 is 19.0 Å². The highest BCUT2D eigenvalue weighted by atomic mass is 16.7. The molecule has 0 aliphatic carbocycles. The summed E-state index contributed by atoms with van der Waals surface area (Å²) in [6, 6.07) is 13.5. The normalized spacial score (nSPS) is 17.2. The molecule has 2 aliphatic heterocycles. The summed E-state index contributed by atoms with van der Waals surface area (Å²) >= 11 is 0. The fourth-order valence-electron chi connectivity index (χ4n) is 3.55. The van der Waals surface area contributed by atoms with Gasteiger partial charge >= 0.3 is 6.03 Å². The number of rotatable bonds is 6. The first-order valence-electron chi connectivity index (χ1n) is 9.92. The predicted octanol–water partition coefficient (Wildman–Crippen LogP) is 3.69. The number of urea groups is 1. The van der Waals surface area contributed by atoms with Gasteiger partial charge in [-0.1, -0.05) is 12.1 Å². The molecule has 0 bridgehead atoms. The maximum atomic E-state index is 13.1. The van der Waals surface area contributed by atoms with E-state index in [1.54, 1.807) is 6.07 Å². The first kappa shape index (κ1) is 19.4. The first-order valence-corrected chi connectivity index (χ1v) is 9.92. The van der Waals surface area contributed by atoms with Crippen LogP contribution in [0.4, 0.5) is 16.2 Å². The van der Waals surface area contributed by atoms with Crippen LogP contribution in [-0.4, -0.2) is 51.1 Å². The summed E-state index contributed by atoms with van der Waals surface area (Å²) in [5.74, 6) is 1.34. The zero-order valence-electron chi connectivity index (χ0n) is 16.9. The molecule has 2 aliphatic rings. The van der Waals surface area contributed by atoms with Crippen molar-refractivity contribution in [2.45, 2.75) is 25.5 Å². The number of benzene rings is 2. The minimum atomic E-state index is -0.156. The molecule has 1 saturated heterocycles. The van der Waals surface area contributed by atoms with E-state index in [1.165, 1.54) is 0 Å². The van der Waals surface area contributed by atoms with Gasteiger partial charge in [-0.25, -0.2) is 4.79 Å². The largest absolute Gasteiger partial charge is 0.454 e. The summed E-state index contributed by atoms with van der Waals surface area (Å²) in [5.41, 5.74) is 2.89. The Bertz CT molecular complexity index is 848. The summed E-state index contributed by atoms with van der Waals surface area (Å²) in [5, 5.41) is 2.98. The monoisotopic (exact) mass is 397 g/mol. The van der Waals surface area contributed by atoms with Gasteiger partial charge in [0.25, 0.3) is 0 Å². The molecule has 0 aromatic heterocycles. The molecule has 154 valence electrons. The van der Waals surface area contributed by atoms with Crippen LogP contribution in [0.3, 0.4) is 0 Å². The Labute approximate surface area is 171 Å². The Morgan fingerprint density at radius 3 is 2.62 bits per heavy atom. The maximum Gasteiger partial charge on any atom is 0.322 e. The van der Waals surface area contributed by atoms with Gasteiger partial charge in [0, 0.05) is 51.2 Å². The Morgan fingerprint density at radius 1 is 1.10 bits per heavy atom. The molecule has 7 heteroatoms. The molecule has 29 heavy (non-hydrogen) atoms. The number of carbonyl (C=O) groups is 1. The minimum absolute atomic E-state index is 0.0820. The number of carbonyl (C=O) groups excluding carboxylic acids is 1. The Balaban J connectivity index is 1.47. The quantitative estimate of drug-likeness (QED) is 0.805. The number of hydrogen-bond acceptors (Lipinski definition) is 5. The lowest BCUT2D eigenvalue weighted by molar-refractivity contribution is 0.0819. The van der Waals surface area contributed by atoms with E-state index in [1.807, 2.05) is 31.1 Å². The van der Waals surface area contributed by atoms with Gasteiger partial charge in [-0.15, -0.1) is 0 Å². The third kappa shape index (κ3) is 4.74. The molecule has 2 heterocycles. The fourth-order valence-corrected chi connectivity index (χ4v) is 3.55. The molecular formula is C22H27N3O4. The van der Waals surface area contributed by atoms with Gasteiger partial charge in [-0.3, -0.25) is 0 Å². The molecule has 0 unspecified atom stereocenters. The highest BCUT2D eigenvalue weighted by Gasteiger charge is 2.23. The number of ether oxygens (including phenoxy) is 3. The lowest BCUT2D eigenvalue weighted by atomic mass is 10.1. The van der Waals surface area contributed by atoms with E-state index in [4.69, 9.17) is 14.2 Å². The van der Waals surface area contributed by atoms with Crippen LogP contribution in [0.5, 0.6) is 11.5 Å². The van der Waals surface area contributed by atoms with Crippen LogP contribution >= 0.6 is 0 Å². The first-order chi connectivity index (χ1) is 14.1. The zero-order chi connectivity index (χ0) is 20.2. The van der Waals surface area contributed by atoms with E-state index in [2.05, 4.69) is 34.5 Å². The van der Waals surface area contributed by atoms with Gasteiger partial charge in [0.15, 0.2) is 11.5 Å². The van der Waals surface area contributed by atoms with Gasteiger partial charge in [0.1, 0.15) is 0 Å². The van der Waals surface area contributed by atoms with Gasteiger partial charge in [-0.05, 0) is 42.7 Å². The van der Waals surface area contributed by atoms with Crippen LogP contribution in [0.1, 0.15) is 18.4 Å². The number of nitrogens with zero attached hydrogens (tertiary/aromatic N) is 2. The molecule has 1 atom stereocenters. The highest BCUT2D eigenvalue weighted by molar-refractivity contribution is 5.89. The summed E-state index contributed by atoms with van der Waals surface area (Å²) in [6.45, 7) is 2.05. The second kappa shape index (κ2) is 8.61. The van der Waals surface area contributed by atoms with Crippen molar-refractivity contribution in [3.8, 4) is 11.5 Å². The van der Waals surface area contributed by atoms with E-state index in [9.17, 15) is 4.79 Å². The second-order valence-corrected chi connectivity index (χ2v) is 7.57. The minimum Gasteiger partial charge on any atom is -0.454 e. The van der Waals surface area contributed by atoms with Crippen LogP contribution in [0, 0.1) is 0 Å². The van der Waals surface area contributed by atoms with Crippen molar-refractivity contribution in [2.75, 3.05) is 44.3 Å². The van der Waals surface area contributed by atoms with Crippen LogP contribution in [0.15, 0.2) is 42.5 Å². The Kier molecular flexibility index (Phi) is 5.76. The molecule has 0 spiro atoms. The molecule has 2 aromatic carbocycles. The third-order valence-electron chi connectivity index (χ3n) is 5.19. The maximum absolute atomic E-state index is 13.1. The SMILES string of the molecule is CN(C)c1ccc(CN(C[C@@H]2CCCO2)C(=O)Nc2ccc3c(c2)OCO3)cc1. The fraction of sp³-hybridized carbons (Fsp3) is 0.409. The van der Waals surface area contributed by atoms with Crippen molar-refractivity contribution in [3.05, 3.63) is 48.0 Å². The molecule has 1 fully saturated rings. The highest BCUT2D eigenvalue weighted by Crippen LogP contribution is 2.34. The van der Waals surface area contributed by atoms with Crippen molar-refractivity contribution >= 4 is 17.4 Å². The van der Waals surface area contributed by atoms with Gasteiger partial charge in [0.2, 0.25) is 6.79 Å². The molecular weight excluding hydrogens is 370 g/mol. The van der Waals surface area contributed by atoms with Gasteiger partial charge in [0.05, 0.1) is 6.10 Å². The number of hydrogen-bond donors (Lipinski definition) is 1. The lowest BCUT2D eigenvalue weighted by Crippen LogP contribution is -2.39. The summed E-state index contributed by atoms with van der Waals surface area (Å²) in [7, 11) is 4.02. The average Bonchev–Trinajstić information content (AvgIpc) is 3.39. The average molecular weight is 397 g/mol. The van der Waals surface area contributed by atoms with Crippen LogP contribution in [0.2, 0.25) is 0 Å². The molecule has 0 saturated carbocycles. The topological polar surface area (TPSA) is 63.3 Å². The van der Waals surface area contributed by atoms with E-state index < -0.39 is 0 Å². The predicted molar refractivity (Wildman–Crippen MR) is 112 cm³/mol. The van der Waals surface area contributed by atoms with Crippen LogP contribution in [-0.2, 0) is 11.3 Å². The molecule has 4 rings (SSSR count). The van der Waals surface area contributed by atoms with Crippen LogP contribution in [0.25, 0.3) is 0 Å². The number of nitrogens with one attached hydrogen (secondary N) is 1. The molecule has 2 amide bonds. The number of anilines is 2. The van der Waals surface area contributed by atoms with E-state index in [0.29, 0.717) is 30.3 Å². The van der Waals surface area contributed by atoms with Crippen LogP contribution < -0.4 is 19.7 Å². The smallest absolute Gasteiger partial charge is 0.322 e. The Morgan fingerprint density at radius 2 is 1.90 bits per heavy atom. The second-order valence-electron chi connectivity index (χ2n) is 7.57. The molecule has 7 nitrogen and oxygen atoms in total. The zero-order valence-corrected chi connectivity index (χ0v) is 16.9.